The molecule has 112 valence electrons. The lowest BCUT2D eigenvalue weighted by molar-refractivity contribution is 0.474. The highest BCUT2D eigenvalue weighted by Gasteiger charge is 2.12. The van der Waals surface area contributed by atoms with E-state index >= 15 is 0 Å². The maximum atomic E-state index is 6.12. The summed E-state index contributed by atoms with van der Waals surface area (Å²) in [6.07, 6.45) is 1.80. The van der Waals surface area contributed by atoms with E-state index < -0.39 is 0 Å². The molecule has 0 heterocycles. The third kappa shape index (κ3) is 2.82. The van der Waals surface area contributed by atoms with E-state index in [9.17, 15) is 0 Å². The zero-order chi connectivity index (χ0) is 15.6. The molecular formula is C18H24N2O. The Balaban J connectivity index is 2.44. The van der Waals surface area contributed by atoms with E-state index in [0.29, 0.717) is 0 Å². The summed E-state index contributed by atoms with van der Waals surface area (Å²) in [7, 11) is 0. The quantitative estimate of drug-likeness (QED) is 0.819. The lowest BCUT2D eigenvalue weighted by Gasteiger charge is -2.17. The molecule has 0 radical (unpaired) electrons. The molecule has 0 unspecified atom stereocenters. The van der Waals surface area contributed by atoms with Gasteiger partial charge in [-0.1, -0.05) is 13.8 Å². The molecule has 0 saturated heterocycles. The van der Waals surface area contributed by atoms with Gasteiger partial charge in [0.25, 0.3) is 0 Å². The summed E-state index contributed by atoms with van der Waals surface area (Å²) in [5, 5.41) is 0. The van der Waals surface area contributed by atoms with Crippen LogP contribution >= 0.6 is 0 Å². The molecule has 0 atom stereocenters. The fourth-order valence-electron chi connectivity index (χ4n) is 2.79. The van der Waals surface area contributed by atoms with Gasteiger partial charge >= 0.3 is 0 Å². The first-order valence-electron chi connectivity index (χ1n) is 7.43. The average Bonchev–Trinajstić information content (AvgIpc) is 2.45. The van der Waals surface area contributed by atoms with Crippen LogP contribution in [0, 0.1) is 13.8 Å². The third-order valence-electron chi connectivity index (χ3n) is 4.10. The van der Waals surface area contributed by atoms with E-state index in [4.69, 9.17) is 16.2 Å². The van der Waals surface area contributed by atoms with Gasteiger partial charge in [0.2, 0.25) is 0 Å². The smallest absolute Gasteiger partial charge is 0.130 e. The number of benzene rings is 2. The Bertz CT molecular complexity index is 605. The second-order valence-electron chi connectivity index (χ2n) is 5.32. The Morgan fingerprint density at radius 2 is 1.14 bits per heavy atom. The normalized spacial score (nSPS) is 10.7. The minimum absolute atomic E-state index is 0.825. The predicted octanol–water partition coefficient (Wildman–Crippen LogP) is 4.38. The first kappa shape index (κ1) is 15.2. The zero-order valence-corrected chi connectivity index (χ0v) is 13.3. The number of rotatable bonds is 4. The van der Waals surface area contributed by atoms with Gasteiger partial charge in [-0.3, -0.25) is 0 Å². The van der Waals surface area contributed by atoms with Crippen molar-refractivity contribution in [1.82, 2.24) is 0 Å². The van der Waals surface area contributed by atoms with Crippen LogP contribution in [0.3, 0.4) is 0 Å². The van der Waals surface area contributed by atoms with Crippen molar-refractivity contribution < 1.29 is 4.74 Å². The topological polar surface area (TPSA) is 61.3 Å². The van der Waals surface area contributed by atoms with Crippen LogP contribution in [0.15, 0.2) is 24.3 Å². The molecule has 0 fully saturated rings. The molecule has 0 aliphatic carbocycles. The monoisotopic (exact) mass is 284 g/mol. The highest BCUT2D eigenvalue weighted by atomic mass is 16.5. The number of ether oxygens (including phenoxy) is 1. The van der Waals surface area contributed by atoms with Crippen LogP contribution in [0.1, 0.15) is 36.1 Å². The molecule has 0 amide bonds. The van der Waals surface area contributed by atoms with E-state index in [-0.39, 0.29) is 0 Å². The van der Waals surface area contributed by atoms with Crippen molar-refractivity contribution in [3.05, 3.63) is 46.5 Å². The van der Waals surface area contributed by atoms with Crippen LogP contribution in [-0.4, -0.2) is 0 Å². The summed E-state index contributed by atoms with van der Waals surface area (Å²) in [6, 6.07) is 7.69. The molecule has 0 spiro atoms. The van der Waals surface area contributed by atoms with Crippen molar-refractivity contribution in [2.75, 3.05) is 11.5 Å². The number of nitrogen functional groups attached to an aromatic ring is 2. The van der Waals surface area contributed by atoms with Gasteiger partial charge in [0.15, 0.2) is 0 Å². The molecular weight excluding hydrogens is 260 g/mol. The Kier molecular flexibility index (Phi) is 4.41. The predicted molar refractivity (Wildman–Crippen MR) is 90.0 cm³/mol. The molecule has 3 nitrogen and oxygen atoms in total. The average molecular weight is 284 g/mol. The van der Waals surface area contributed by atoms with Crippen LogP contribution in [0.2, 0.25) is 0 Å². The largest absolute Gasteiger partial charge is 0.457 e. The highest BCUT2D eigenvalue weighted by molar-refractivity contribution is 5.59. The van der Waals surface area contributed by atoms with Gasteiger partial charge in [-0.05, 0) is 73.2 Å². The van der Waals surface area contributed by atoms with Gasteiger partial charge in [0.05, 0.1) is 0 Å². The SMILES string of the molecule is CCc1c(N)ccc(Oc2ccc(N)c(CC)c2C)c1C. The summed E-state index contributed by atoms with van der Waals surface area (Å²) in [5.41, 5.74) is 18.2. The van der Waals surface area contributed by atoms with Crippen LogP contribution in [0.25, 0.3) is 0 Å². The van der Waals surface area contributed by atoms with Crippen molar-refractivity contribution in [3.63, 3.8) is 0 Å². The van der Waals surface area contributed by atoms with E-state index in [1.54, 1.807) is 0 Å². The Morgan fingerprint density at radius 3 is 1.48 bits per heavy atom. The maximum absolute atomic E-state index is 6.12. The molecule has 2 rings (SSSR count). The summed E-state index contributed by atoms with van der Waals surface area (Å²) < 4.78 is 6.12. The lowest BCUT2D eigenvalue weighted by Crippen LogP contribution is -2.01. The fourth-order valence-corrected chi connectivity index (χ4v) is 2.79. The van der Waals surface area contributed by atoms with Crippen molar-refractivity contribution in [1.29, 1.82) is 0 Å². The summed E-state index contributed by atoms with van der Waals surface area (Å²) in [4.78, 5) is 0. The molecule has 3 heteroatoms. The summed E-state index contributed by atoms with van der Waals surface area (Å²) in [6.45, 7) is 8.31. The van der Waals surface area contributed by atoms with Gasteiger partial charge < -0.3 is 16.2 Å². The van der Waals surface area contributed by atoms with Gasteiger partial charge in [0, 0.05) is 11.4 Å². The first-order valence-corrected chi connectivity index (χ1v) is 7.43. The number of anilines is 2. The minimum atomic E-state index is 0.825. The second kappa shape index (κ2) is 6.08. The van der Waals surface area contributed by atoms with Gasteiger partial charge in [0.1, 0.15) is 11.5 Å². The Labute approximate surface area is 126 Å². The molecule has 0 saturated carbocycles. The fraction of sp³-hybridized carbons (Fsp3) is 0.333. The van der Waals surface area contributed by atoms with Gasteiger partial charge in [-0.2, -0.15) is 0 Å². The third-order valence-corrected chi connectivity index (χ3v) is 4.10. The molecule has 0 aliphatic rings. The molecule has 0 aromatic heterocycles. The molecule has 0 aliphatic heterocycles. The summed E-state index contributed by atoms with van der Waals surface area (Å²) >= 11 is 0. The molecule has 0 bridgehead atoms. The maximum Gasteiger partial charge on any atom is 0.130 e. The summed E-state index contributed by atoms with van der Waals surface area (Å²) in [5.74, 6) is 1.71. The van der Waals surface area contributed by atoms with Crippen molar-refractivity contribution in [2.45, 2.75) is 40.5 Å². The Morgan fingerprint density at radius 1 is 0.762 bits per heavy atom. The van der Waals surface area contributed by atoms with Crippen LogP contribution in [-0.2, 0) is 12.8 Å². The lowest BCUT2D eigenvalue weighted by atomic mass is 10.0. The van der Waals surface area contributed by atoms with Crippen molar-refractivity contribution in [2.24, 2.45) is 0 Å². The molecule has 2 aromatic carbocycles. The van der Waals surface area contributed by atoms with Crippen molar-refractivity contribution in [3.8, 4) is 11.5 Å². The number of hydrogen-bond acceptors (Lipinski definition) is 3. The van der Waals surface area contributed by atoms with E-state index in [0.717, 1.165) is 58.0 Å². The van der Waals surface area contributed by atoms with Crippen LogP contribution in [0.5, 0.6) is 11.5 Å². The zero-order valence-electron chi connectivity index (χ0n) is 13.3. The number of hydrogen-bond donors (Lipinski definition) is 2. The van der Waals surface area contributed by atoms with E-state index in [2.05, 4.69) is 27.7 Å². The molecule has 2 aromatic rings. The van der Waals surface area contributed by atoms with Crippen LogP contribution < -0.4 is 16.2 Å². The molecule has 4 N–H and O–H groups in total. The second-order valence-corrected chi connectivity index (χ2v) is 5.32. The highest BCUT2D eigenvalue weighted by Crippen LogP contribution is 2.34. The minimum Gasteiger partial charge on any atom is -0.457 e. The Hall–Kier alpha value is -2.16. The van der Waals surface area contributed by atoms with Gasteiger partial charge in [-0.15, -0.1) is 0 Å². The number of nitrogens with two attached hydrogens (primary N) is 2. The van der Waals surface area contributed by atoms with Crippen LogP contribution in [0.4, 0.5) is 11.4 Å². The first-order chi connectivity index (χ1) is 9.99. The van der Waals surface area contributed by atoms with E-state index in [1.807, 2.05) is 24.3 Å². The van der Waals surface area contributed by atoms with E-state index in [1.165, 1.54) is 0 Å². The van der Waals surface area contributed by atoms with Gasteiger partial charge in [-0.25, -0.2) is 0 Å². The van der Waals surface area contributed by atoms with Crippen molar-refractivity contribution >= 4 is 11.4 Å². The molecule has 21 heavy (non-hydrogen) atoms. The standard InChI is InChI=1S/C18H24N2O/c1-5-13-11(3)17(9-7-15(13)19)21-18-10-8-16(20)14(6-2)12(18)4/h7-10H,5-6,19-20H2,1-4H3.